The fourth-order valence-corrected chi connectivity index (χ4v) is 2.36. The Hall–Kier alpha value is -1.27. The third-order valence-corrected chi connectivity index (χ3v) is 3.73. The topological polar surface area (TPSA) is 29.9 Å². The Balaban J connectivity index is 2.21. The van der Waals surface area contributed by atoms with Crippen LogP contribution >= 0.6 is 15.9 Å². The quantitative estimate of drug-likeness (QED) is 0.840. The fourth-order valence-electron chi connectivity index (χ4n) is 1.99. The number of hydrogen-bond acceptors (Lipinski definition) is 2. The van der Waals surface area contributed by atoms with Crippen LogP contribution in [0.5, 0.6) is 0 Å². The van der Waals surface area contributed by atoms with Gasteiger partial charge in [-0.15, -0.1) is 0 Å². The molecule has 20 heavy (non-hydrogen) atoms. The zero-order valence-electron chi connectivity index (χ0n) is 11.3. The van der Waals surface area contributed by atoms with Crippen molar-refractivity contribution in [2.24, 2.45) is 0 Å². The molecule has 1 aromatic heterocycles. The van der Waals surface area contributed by atoms with Crippen LogP contribution in [0.4, 0.5) is 8.78 Å². The van der Waals surface area contributed by atoms with Crippen molar-refractivity contribution in [3.8, 4) is 0 Å². The molecule has 108 valence electrons. The van der Waals surface area contributed by atoms with Crippen molar-refractivity contribution in [2.75, 3.05) is 6.54 Å². The summed E-state index contributed by atoms with van der Waals surface area (Å²) in [6, 6.07) is 2.76. The van der Waals surface area contributed by atoms with E-state index in [1.807, 2.05) is 13.8 Å². The Kier molecular flexibility index (Phi) is 4.88. The van der Waals surface area contributed by atoms with E-state index < -0.39 is 11.6 Å². The van der Waals surface area contributed by atoms with Gasteiger partial charge >= 0.3 is 0 Å². The molecule has 1 unspecified atom stereocenters. The Labute approximate surface area is 125 Å². The predicted molar refractivity (Wildman–Crippen MR) is 77.5 cm³/mol. The number of halogens is 3. The lowest BCUT2D eigenvalue weighted by atomic mass is 10.2. The molecule has 0 spiro atoms. The summed E-state index contributed by atoms with van der Waals surface area (Å²) in [4.78, 5) is 0. The summed E-state index contributed by atoms with van der Waals surface area (Å²) in [6.45, 7) is 4.95. The van der Waals surface area contributed by atoms with Gasteiger partial charge in [-0.2, -0.15) is 5.10 Å². The zero-order chi connectivity index (χ0) is 14.7. The van der Waals surface area contributed by atoms with Crippen LogP contribution in [-0.2, 0) is 6.54 Å². The van der Waals surface area contributed by atoms with Crippen molar-refractivity contribution in [3.05, 3.63) is 51.8 Å². The van der Waals surface area contributed by atoms with Crippen LogP contribution in [0.3, 0.4) is 0 Å². The Morgan fingerprint density at radius 1 is 1.40 bits per heavy atom. The predicted octanol–water partition coefficient (Wildman–Crippen LogP) is 3.64. The second-order valence-corrected chi connectivity index (χ2v) is 5.43. The first-order chi connectivity index (χ1) is 9.52. The lowest BCUT2D eigenvalue weighted by molar-refractivity contribution is 0.528. The molecule has 0 saturated heterocycles. The van der Waals surface area contributed by atoms with Crippen LogP contribution < -0.4 is 5.32 Å². The molecule has 0 bridgehead atoms. The van der Waals surface area contributed by atoms with E-state index in [-0.39, 0.29) is 22.6 Å². The van der Waals surface area contributed by atoms with Crippen LogP contribution in [0, 0.1) is 11.6 Å². The molecule has 0 aliphatic carbocycles. The largest absolute Gasteiger partial charge is 0.310 e. The van der Waals surface area contributed by atoms with Crippen molar-refractivity contribution in [2.45, 2.75) is 26.4 Å². The minimum absolute atomic E-state index is 0.00475. The van der Waals surface area contributed by atoms with E-state index in [9.17, 15) is 8.78 Å². The first kappa shape index (κ1) is 15.1. The maximum Gasteiger partial charge on any atom is 0.145 e. The van der Waals surface area contributed by atoms with Crippen LogP contribution in [0.25, 0.3) is 0 Å². The number of rotatable bonds is 5. The Bertz CT molecular complexity index is 598. The average molecular weight is 344 g/mol. The second kappa shape index (κ2) is 6.45. The van der Waals surface area contributed by atoms with Gasteiger partial charge in [0.2, 0.25) is 0 Å². The normalized spacial score (nSPS) is 12.7. The molecule has 1 atom stereocenters. The SMILES string of the molecule is CCNC(C)c1cnn(Cc2c(F)ccc(Br)c2F)c1. The van der Waals surface area contributed by atoms with Crippen LogP contribution in [0.1, 0.15) is 31.0 Å². The molecule has 1 aromatic carbocycles. The van der Waals surface area contributed by atoms with E-state index in [0.29, 0.717) is 0 Å². The zero-order valence-corrected chi connectivity index (χ0v) is 12.9. The second-order valence-electron chi connectivity index (χ2n) is 4.57. The summed E-state index contributed by atoms with van der Waals surface area (Å²) in [5, 5.41) is 7.42. The van der Waals surface area contributed by atoms with Gasteiger partial charge in [-0.3, -0.25) is 4.68 Å². The van der Waals surface area contributed by atoms with Crippen molar-refractivity contribution >= 4 is 15.9 Å². The van der Waals surface area contributed by atoms with Crippen molar-refractivity contribution in [1.82, 2.24) is 15.1 Å². The summed E-state index contributed by atoms with van der Waals surface area (Å²) in [7, 11) is 0. The number of hydrogen-bond donors (Lipinski definition) is 1. The molecule has 1 heterocycles. The van der Waals surface area contributed by atoms with Gasteiger partial charge in [0, 0.05) is 23.4 Å². The molecule has 2 aromatic rings. The summed E-state index contributed by atoms with van der Waals surface area (Å²) >= 11 is 3.06. The van der Waals surface area contributed by atoms with Crippen LogP contribution in [0.2, 0.25) is 0 Å². The van der Waals surface area contributed by atoms with Crippen molar-refractivity contribution in [1.29, 1.82) is 0 Å². The first-order valence-corrected chi connectivity index (χ1v) is 7.20. The van der Waals surface area contributed by atoms with Crippen molar-refractivity contribution < 1.29 is 8.78 Å². The molecule has 3 nitrogen and oxygen atoms in total. The molecule has 2 rings (SSSR count). The van der Waals surface area contributed by atoms with Gasteiger partial charge in [0.15, 0.2) is 0 Å². The van der Waals surface area contributed by atoms with Gasteiger partial charge in [-0.1, -0.05) is 6.92 Å². The summed E-state index contributed by atoms with van der Waals surface area (Å²) < 4.78 is 29.4. The maximum absolute atomic E-state index is 13.9. The molecule has 0 saturated carbocycles. The van der Waals surface area contributed by atoms with Gasteiger partial charge in [0.1, 0.15) is 11.6 Å². The van der Waals surface area contributed by atoms with E-state index in [1.54, 1.807) is 12.4 Å². The number of nitrogens with one attached hydrogen (secondary N) is 1. The smallest absolute Gasteiger partial charge is 0.145 e. The molecule has 0 aliphatic rings. The van der Waals surface area contributed by atoms with E-state index in [4.69, 9.17) is 0 Å². The van der Waals surface area contributed by atoms with E-state index in [0.717, 1.165) is 12.1 Å². The lowest BCUT2D eigenvalue weighted by Crippen LogP contribution is -2.17. The molecular weight excluding hydrogens is 328 g/mol. The van der Waals surface area contributed by atoms with E-state index in [1.165, 1.54) is 16.8 Å². The maximum atomic E-state index is 13.9. The number of benzene rings is 1. The minimum atomic E-state index is -0.582. The van der Waals surface area contributed by atoms with E-state index >= 15 is 0 Å². The van der Waals surface area contributed by atoms with Crippen LogP contribution in [0.15, 0.2) is 29.0 Å². The lowest BCUT2D eigenvalue weighted by Gasteiger charge is -2.09. The standard InChI is InChI=1S/C14H16BrF2N3/c1-3-18-9(2)10-6-19-20(7-10)8-11-13(16)5-4-12(15)14(11)17/h4-7,9,18H,3,8H2,1-2H3. The highest BCUT2D eigenvalue weighted by atomic mass is 79.9. The highest BCUT2D eigenvalue weighted by Crippen LogP contribution is 2.22. The first-order valence-electron chi connectivity index (χ1n) is 6.41. The summed E-state index contributed by atoms with van der Waals surface area (Å²) in [5.74, 6) is -1.15. The average Bonchev–Trinajstić information content (AvgIpc) is 2.88. The third-order valence-electron chi connectivity index (χ3n) is 3.12. The van der Waals surface area contributed by atoms with Gasteiger partial charge in [-0.25, -0.2) is 8.78 Å². The van der Waals surface area contributed by atoms with Crippen LogP contribution in [-0.4, -0.2) is 16.3 Å². The summed E-state index contributed by atoms with van der Waals surface area (Å²) in [6.07, 6.45) is 3.51. The van der Waals surface area contributed by atoms with Gasteiger partial charge < -0.3 is 5.32 Å². The van der Waals surface area contributed by atoms with E-state index in [2.05, 4.69) is 26.3 Å². The molecule has 6 heteroatoms. The monoisotopic (exact) mass is 343 g/mol. The van der Waals surface area contributed by atoms with Crippen molar-refractivity contribution in [3.63, 3.8) is 0 Å². The number of nitrogens with zero attached hydrogens (tertiary/aromatic N) is 2. The highest BCUT2D eigenvalue weighted by molar-refractivity contribution is 9.10. The van der Waals surface area contributed by atoms with Gasteiger partial charge in [0.25, 0.3) is 0 Å². The highest BCUT2D eigenvalue weighted by Gasteiger charge is 2.14. The van der Waals surface area contributed by atoms with Gasteiger partial charge in [0.05, 0.1) is 17.2 Å². The number of aromatic nitrogens is 2. The molecule has 0 aliphatic heterocycles. The third kappa shape index (κ3) is 3.24. The molecular formula is C14H16BrF2N3. The molecule has 0 radical (unpaired) electrons. The van der Waals surface area contributed by atoms with Gasteiger partial charge in [-0.05, 0) is 41.5 Å². The minimum Gasteiger partial charge on any atom is -0.310 e. The fraction of sp³-hybridized carbons (Fsp3) is 0.357. The Morgan fingerprint density at radius 2 is 2.15 bits per heavy atom. The summed E-state index contributed by atoms with van der Waals surface area (Å²) in [5.41, 5.74) is 0.993. The molecule has 0 amide bonds. The Morgan fingerprint density at radius 3 is 2.85 bits per heavy atom. The molecule has 1 N–H and O–H groups in total. The molecule has 0 fully saturated rings.